The Balaban J connectivity index is 0.000000101. The second-order valence-electron chi connectivity index (χ2n) is 39.5. The molecule has 0 atom stereocenters. The van der Waals surface area contributed by atoms with Gasteiger partial charge in [0.1, 0.15) is 46.9 Å². The van der Waals surface area contributed by atoms with Crippen molar-refractivity contribution < 1.29 is 75.7 Å². The van der Waals surface area contributed by atoms with Crippen LogP contribution in [0.2, 0.25) is 0 Å². The van der Waals surface area contributed by atoms with E-state index in [1.165, 1.54) is 138 Å². The van der Waals surface area contributed by atoms with E-state index in [0.717, 1.165) is 172 Å². The number of aryl methyl sites for hydroxylation is 10. The molecule has 2 aliphatic carbocycles. The fourth-order valence-corrected chi connectivity index (χ4v) is 22.5. The van der Waals surface area contributed by atoms with Gasteiger partial charge in [-0.1, -0.05) is 174 Å². The molecule has 0 spiro atoms. The molecule has 25 aromatic rings. The minimum atomic E-state index is -0.895. The highest BCUT2D eigenvalue weighted by Crippen LogP contribution is 2.48. The number of hydrogen-bond acceptors (Lipinski definition) is 10. The molecule has 15 heterocycles. The van der Waals surface area contributed by atoms with E-state index in [-0.39, 0.29) is 16.8 Å². The lowest BCUT2D eigenvalue weighted by molar-refractivity contribution is -0.659. The average molecular weight is 1950 g/mol. The first-order chi connectivity index (χ1) is 70.7. The van der Waals surface area contributed by atoms with E-state index in [9.17, 15) is 30.7 Å². The number of benzene rings is 10. The standard InChI is InChI=1S/C28H26FN2O.C27H24FN2O.C25H22FN2O.2C22H15F2N2O/c1-17-7-9-22-23-11-12-24(29)30-28(23)32-27(22)25(17)26-21-10-8-19(15-18-5-3-4-6-18)16-20(21)13-14-31(26)2;1-16-7-9-21-22-11-12-23(28)29-27(22)31-26(21)24(16)25-20-10-8-18(17-5-3-4-6-17)15-19(20)13-14-30(25)2;1-14(2)16-6-8-18-17(13-16)11-12-28(4)23(18)22-15(3)5-7-19-20-9-10-21(26)27-25(20)29-24(19)22;1-12-11-16(23)19-15-7-8-17(24)25-22(15)27-21(19)18(12)20-14-6-4-3-5-13(14)9-10-26(20)2;1-12-7-8-15-19-16(23)11-17(24)25-22(19)27-21(15)18(12)20-14-6-4-3-5-13(14)9-10-26(20)2/h7-14,16,18H,3-6,15H2,1-2H3;7-15,17H,3-6H2,1-2H3;5-14H,1-4H3;2*3-11H,1-2H3/q5*+1. The van der Waals surface area contributed by atoms with Crippen LogP contribution in [0.3, 0.4) is 0 Å². The van der Waals surface area contributed by atoms with Crippen LogP contribution in [0.15, 0.2) is 296 Å². The van der Waals surface area contributed by atoms with Crippen molar-refractivity contribution in [2.24, 2.45) is 41.2 Å². The van der Waals surface area contributed by atoms with E-state index in [1.807, 2.05) is 141 Å². The van der Waals surface area contributed by atoms with E-state index in [1.54, 1.807) is 24.3 Å². The van der Waals surface area contributed by atoms with Crippen molar-refractivity contribution in [3.8, 4) is 56.3 Å². The van der Waals surface area contributed by atoms with Gasteiger partial charge in [0.2, 0.25) is 86.8 Å². The van der Waals surface area contributed by atoms with Crippen LogP contribution >= 0.6 is 0 Å². The average Bonchev–Trinajstić information content (AvgIpc) is 1.64. The molecular weight excluding hydrogens is 1840 g/mol. The Bertz CT molecular complexity index is 9690. The highest BCUT2D eigenvalue weighted by atomic mass is 19.2. The van der Waals surface area contributed by atoms with Crippen LogP contribution in [-0.4, -0.2) is 24.9 Å². The normalized spacial score (nSPS) is 13.1. The number of halogens is 7. The molecule has 2 aliphatic rings. The van der Waals surface area contributed by atoms with Crippen LogP contribution in [0.4, 0.5) is 30.7 Å². The fraction of sp³-hybridized carbons (Fsp3) is 0.194. The molecule has 146 heavy (non-hydrogen) atoms. The summed E-state index contributed by atoms with van der Waals surface area (Å²) in [5, 5.41) is 18.4. The lowest BCUT2D eigenvalue weighted by Crippen LogP contribution is -2.30. The molecule has 2 fully saturated rings. The summed E-state index contributed by atoms with van der Waals surface area (Å²) in [5.74, 6) is -2.24. The predicted molar refractivity (Wildman–Crippen MR) is 563 cm³/mol. The van der Waals surface area contributed by atoms with Crippen molar-refractivity contribution in [1.82, 2.24) is 24.9 Å². The molecule has 15 aromatic heterocycles. The van der Waals surface area contributed by atoms with Crippen LogP contribution in [0.25, 0.3) is 220 Å². The second-order valence-corrected chi connectivity index (χ2v) is 39.5. The summed E-state index contributed by atoms with van der Waals surface area (Å²) >= 11 is 0. The summed E-state index contributed by atoms with van der Waals surface area (Å²) < 4.78 is 138. The number of furan rings is 5. The number of nitrogens with zero attached hydrogens (tertiary/aromatic N) is 10. The van der Waals surface area contributed by atoms with Crippen molar-refractivity contribution >= 4 is 164 Å². The Hall–Kier alpha value is -16.5. The lowest BCUT2D eigenvalue weighted by Gasteiger charge is -2.12. The SMILES string of the molecule is Cc1cc(F)c2c(oc3nc(F)ccc32)c1-c1c2ccccc2cc[n+]1C.Cc1ccc2c(oc3nc(F)cc(F)c32)c1-c1c2ccccc2cc[n+]1C.Cc1ccc2c(oc3nc(F)ccc32)c1-c1c2ccc(C(C)C)cc2cc[n+]1C.Cc1ccc2c(oc3nc(F)ccc32)c1-c1c2ccc(C3CCCC3)cc2cc[n+]1C.Cc1ccc2c(oc3nc(F)ccc32)c1-c1c2ccc(CC3CCCC3)cc2cc[n+]1C. The molecule has 722 valence electrons. The smallest absolute Gasteiger partial charge is 0.232 e. The van der Waals surface area contributed by atoms with Crippen molar-refractivity contribution in [3.05, 3.63) is 360 Å². The Morgan fingerprint density at radius 1 is 0.281 bits per heavy atom. The van der Waals surface area contributed by atoms with Crippen LogP contribution in [-0.2, 0) is 41.7 Å². The number of pyridine rings is 10. The molecule has 0 bridgehead atoms. The van der Waals surface area contributed by atoms with Gasteiger partial charge in [0, 0.05) is 74.1 Å². The monoisotopic (exact) mass is 1940 g/mol. The summed E-state index contributed by atoms with van der Waals surface area (Å²) in [6.07, 6.45) is 22.1. The molecule has 27 rings (SSSR count). The first kappa shape index (κ1) is 93.2. The van der Waals surface area contributed by atoms with Gasteiger partial charge in [-0.3, -0.25) is 0 Å². The van der Waals surface area contributed by atoms with Gasteiger partial charge in [0.05, 0.1) is 70.9 Å². The zero-order valence-corrected chi connectivity index (χ0v) is 82.7. The third-order valence-electron chi connectivity index (χ3n) is 29.8. The van der Waals surface area contributed by atoms with Gasteiger partial charge in [0.25, 0.3) is 0 Å². The Kier molecular flexibility index (Phi) is 23.8. The van der Waals surface area contributed by atoms with Crippen LogP contribution in [0.5, 0.6) is 0 Å². The molecule has 0 radical (unpaired) electrons. The van der Waals surface area contributed by atoms with Crippen molar-refractivity contribution in [1.29, 1.82) is 0 Å². The van der Waals surface area contributed by atoms with Gasteiger partial charge in [-0.05, 0) is 228 Å². The van der Waals surface area contributed by atoms with E-state index in [0.29, 0.717) is 56.3 Å². The van der Waals surface area contributed by atoms with Gasteiger partial charge in [0.15, 0.2) is 58.9 Å². The third kappa shape index (κ3) is 16.5. The van der Waals surface area contributed by atoms with Gasteiger partial charge in [-0.2, -0.15) is 46.9 Å². The highest BCUT2D eigenvalue weighted by molar-refractivity contribution is 6.17. The van der Waals surface area contributed by atoms with Gasteiger partial charge in [-0.25, -0.2) is 31.6 Å². The number of fused-ring (bicyclic) bond motifs is 20. The lowest BCUT2D eigenvalue weighted by atomic mass is 9.92. The molecule has 0 unspecified atom stereocenters. The molecule has 0 aliphatic heterocycles. The van der Waals surface area contributed by atoms with Crippen LogP contribution in [0.1, 0.15) is 122 Å². The van der Waals surface area contributed by atoms with Gasteiger partial charge in [-0.15, -0.1) is 0 Å². The maximum absolute atomic E-state index is 14.8. The molecule has 22 heteroatoms. The van der Waals surface area contributed by atoms with Crippen molar-refractivity contribution in [2.75, 3.05) is 0 Å². The van der Waals surface area contributed by atoms with Gasteiger partial charge < -0.3 is 22.1 Å². The highest BCUT2D eigenvalue weighted by Gasteiger charge is 2.34. The largest absolute Gasteiger partial charge is 0.437 e. The maximum atomic E-state index is 14.8. The fourth-order valence-electron chi connectivity index (χ4n) is 22.5. The maximum Gasteiger partial charge on any atom is 0.232 e. The van der Waals surface area contributed by atoms with E-state index >= 15 is 0 Å². The quantitative estimate of drug-likeness (QED) is 0.0776. The Morgan fingerprint density at radius 2 is 0.616 bits per heavy atom. The summed E-state index contributed by atoms with van der Waals surface area (Å²) in [6.45, 7) is 14.5. The van der Waals surface area contributed by atoms with Gasteiger partial charge >= 0.3 is 0 Å². The van der Waals surface area contributed by atoms with E-state index in [2.05, 4.69) is 197 Å². The Morgan fingerprint density at radius 3 is 1.08 bits per heavy atom. The molecule has 2 saturated carbocycles. The minimum Gasteiger partial charge on any atom is -0.437 e. The Labute approximate surface area is 834 Å². The molecule has 15 nitrogen and oxygen atoms in total. The molecule has 0 N–H and O–H groups in total. The topological polar surface area (TPSA) is 150 Å². The number of rotatable bonds is 9. The second kappa shape index (κ2) is 37.4. The van der Waals surface area contributed by atoms with Crippen LogP contribution in [0, 0.1) is 81.9 Å². The summed E-state index contributed by atoms with van der Waals surface area (Å²) in [7, 11) is 10.1. The van der Waals surface area contributed by atoms with Crippen molar-refractivity contribution in [3.63, 3.8) is 0 Å². The summed E-state index contributed by atoms with van der Waals surface area (Å²) in [5.41, 5.74) is 23.4. The van der Waals surface area contributed by atoms with Crippen molar-refractivity contribution in [2.45, 2.75) is 118 Å². The summed E-state index contributed by atoms with van der Waals surface area (Å²) in [4.78, 5) is 19.5. The molecule has 0 amide bonds. The number of aromatic nitrogens is 10. The van der Waals surface area contributed by atoms with E-state index < -0.39 is 41.4 Å². The first-order valence-corrected chi connectivity index (χ1v) is 49.5. The third-order valence-corrected chi connectivity index (χ3v) is 29.8. The molecule has 10 aromatic carbocycles. The zero-order valence-electron chi connectivity index (χ0n) is 82.7. The zero-order chi connectivity index (χ0) is 101. The molecular formula is C124H102F7N10O5+5. The summed E-state index contributed by atoms with van der Waals surface area (Å²) in [6, 6.07) is 77.7. The molecule has 0 saturated heterocycles. The number of hydrogen-bond donors (Lipinski definition) is 0. The predicted octanol–water partition coefficient (Wildman–Crippen LogP) is 30.2. The first-order valence-electron chi connectivity index (χ1n) is 49.5. The minimum absolute atomic E-state index is 0.0303. The van der Waals surface area contributed by atoms with E-state index in [4.69, 9.17) is 22.1 Å². The van der Waals surface area contributed by atoms with Crippen LogP contribution < -0.4 is 22.8 Å².